The van der Waals surface area contributed by atoms with Gasteiger partial charge in [0.15, 0.2) is 0 Å². The minimum Gasteiger partial charge on any atom is -0.492 e. The standard InChI is InChI=1S/C20H23ClN2O4/c1-4-26-19(24)16-7-5-6-8-17(16)23-20(25)22-9-10-27-15-11-13(2)18(21)14(3)12-15/h5-8,11-12H,4,9-10H2,1-3H3,(H2,22,23,25). The molecule has 0 aliphatic carbocycles. The van der Waals surface area contributed by atoms with Gasteiger partial charge < -0.3 is 20.1 Å². The van der Waals surface area contributed by atoms with E-state index in [4.69, 9.17) is 21.1 Å². The lowest BCUT2D eigenvalue weighted by Gasteiger charge is -2.12. The molecule has 2 amide bonds. The van der Waals surface area contributed by atoms with Gasteiger partial charge in [0.25, 0.3) is 0 Å². The normalized spacial score (nSPS) is 10.2. The number of nitrogens with one attached hydrogen (secondary N) is 2. The summed E-state index contributed by atoms with van der Waals surface area (Å²) >= 11 is 6.13. The van der Waals surface area contributed by atoms with Crippen molar-refractivity contribution in [2.24, 2.45) is 0 Å². The van der Waals surface area contributed by atoms with E-state index in [9.17, 15) is 9.59 Å². The molecule has 0 fully saturated rings. The highest BCUT2D eigenvalue weighted by atomic mass is 35.5. The zero-order valence-corrected chi connectivity index (χ0v) is 16.4. The highest BCUT2D eigenvalue weighted by molar-refractivity contribution is 6.32. The van der Waals surface area contributed by atoms with E-state index >= 15 is 0 Å². The van der Waals surface area contributed by atoms with Crippen molar-refractivity contribution in [1.29, 1.82) is 0 Å². The van der Waals surface area contributed by atoms with E-state index in [0.29, 0.717) is 30.2 Å². The monoisotopic (exact) mass is 390 g/mol. The van der Waals surface area contributed by atoms with E-state index in [0.717, 1.165) is 16.1 Å². The summed E-state index contributed by atoms with van der Waals surface area (Å²) in [5.41, 5.74) is 2.57. The van der Waals surface area contributed by atoms with Gasteiger partial charge >= 0.3 is 12.0 Å². The van der Waals surface area contributed by atoms with Crippen molar-refractivity contribution in [2.45, 2.75) is 20.8 Å². The van der Waals surface area contributed by atoms with Gasteiger partial charge in [-0.15, -0.1) is 0 Å². The molecule has 0 aromatic heterocycles. The van der Waals surface area contributed by atoms with Gasteiger partial charge in [-0.1, -0.05) is 23.7 Å². The van der Waals surface area contributed by atoms with Gasteiger partial charge in [0.1, 0.15) is 12.4 Å². The van der Waals surface area contributed by atoms with Gasteiger partial charge in [-0.25, -0.2) is 9.59 Å². The highest BCUT2D eigenvalue weighted by Gasteiger charge is 2.13. The lowest BCUT2D eigenvalue weighted by Crippen LogP contribution is -2.32. The Morgan fingerprint density at radius 1 is 1.11 bits per heavy atom. The molecule has 0 heterocycles. The van der Waals surface area contributed by atoms with Crippen LogP contribution in [0.4, 0.5) is 10.5 Å². The summed E-state index contributed by atoms with van der Waals surface area (Å²) < 4.78 is 10.6. The fourth-order valence-corrected chi connectivity index (χ4v) is 2.58. The lowest BCUT2D eigenvalue weighted by molar-refractivity contribution is 0.0527. The molecule has 0 radical (unpaired) electrons. The molecule has 0 unspecified atom stereocenters. The third kappa shape index (κ3) is 5.89. The second kappa shape index (κ2) is 9.83. The van der Waals surface area contributed by atoms with Crippen molar-refractivity contribution < 1.29 is 19.1 Å². The van der Waals surface area contributed by atoms with Gasteiger partial charge in [0.2, 0.25) is 0 Å². The van der Waals surface area contributed by atoms with Gasteiger partial charge in [-0.2, -0.15) is 0 Å². The SMILES string of the molecule is CCOC(=O)c1ccccc1NC(=O)NCCOc1cc(C)c(Cl)c(C)c1. The number of rotatable bonds is 7. The maximum atomic E-state index is 12.1. The van der Waals surface area contributed by atoms with Crippen LogP contribution >= 0.6 is 11.6 Å². The fourth-order valence-electron chi connectivity index (χ4n) is 2.47. The summed E-state index contributed by atoms with van der Waals surface area (Å²) in [5.74, 6) is 0.217. The Balaban J connectivity index is 1.84. The van der Waals surface area contributed by atoms with E-state index in [1.807, 2.05) is 26.0 Å². The predicted molar refractivity (Wildman–Crippen MR) is 106 cm³/mol. The Bertz CT molecular complexity index is 800. The molecular weight excluding hydrogens is 368 g/mol. The van der Waals surface area contributed by atoms with Crippen LogP contribution in [0.5, 0.6) is 5.75 Å². The minimum atomic E-state index is -0.481. The molecule has 0 bridgehead atoms. The van der Waals surface area contributed by atoms with Gasteiger partial charge in [-0.3, -0.25) is 0 Å². The first-order valence-corrected chi connectivity index (χ1v) is 9.00. The fraction of sp³-hybridized carbons (Fsp3) is 0.300. The van der Waals surface area contributed by atoms with Crippen molar-refractivity contribution in [3.63, 3.8) is 0 Å². The molecule has 2 rings (SSSR count). The summed E-state index contributed by atoms with van der Waals surface area (Å²) in [6, 6.07) is 9.95. The molecule has 7 heteroatoms. The summed E-state index contributed by atoms with van der Waals surface area (Å²) in [7, 11) is 0. The number of ether oxygens (including phenoxy) is 2. The van der Waals surface area contributed by atoms with Gasteiger partial charge in [0, 0.05) is 5.02 Å². The largest absolute Gasteiger partial charge is 0.492 e. The van der Waals surface area contributed by atoms with E-state index in [2.05, 4.69) is 10.6 Å². The third-order valence-corrected chi connectivity index (χ3v) is 4.33. The van der Waals surface area contributed by atoms with Crippen LogP contribution < -0.4 is 15.4 Å². The highest BCUT2D eigenvalue weighted by Crippen LogP contribution is 2.25. The van der Waals surface area contributed by atoms with Crippen LogP contribution in [0.3, 0.4) is 0 Å². The van der Waals surface area contributed by atoms with Crippen LogP contribution in [0.2, 0.25) is 5.02 Å². The molecule has 2 N–H and O–H groups in total. The molecule has 0 saturated heterocycles. The number of aryl methyl sites for hydroxylation is 2. The number of amides is 2. The smallest absolute Gasteiger partial charge is 0.340 e. The number of esters is 1. The van der Waals surface area contributed by atoms with Crippen molar-refractivity contribution in [3.05, 3.63) is 58.1 Å². The summed E-state index contributed by atoms with van der Waals surface area (Å²) in [6.45, 7) is 6.41. The Kier molecular flexibility index (Phi) is 7.49. The van der Waals surface area contributed by atoms with E-state index < -0.39 is 12.0 Å². The Morgan fingerprint density at radius 2 is 1.78 bits per heavy atom. The van der Waals surface area contributed by atoms with Crippen molar-refractivity contribution >= 4 is 29.3 Å². The zero-order valence-electron chi connectivity index (χ0n) is 15.6. The molecule has 2 aromatic carbocycles. The molecule has 0 spiro atoms. The van der Waals surface area contributed by atoms with Crippen LogP contribution in [0.1, 0.15) is 28.4 Å². The molecule has 144 valence electrons. The Morgan fingerprint density at radius 3 is 2.44 bits per heavy atom. The minimum absolute atomic E-state index is 0.264. The van der Waals surface area contributed by atoms with Gasteiger partial charge in [-0.05, 0) is 56.2 Å². The zero-order chi connectivity index (χ0) is 19.8. The van der Waals surface area contributed by atoms with Crippen LogP contribution in [-0.2, 0) is 4.74 Å². The molecule has 27 heavy (non-hydrogen) atoms. The van der Waals surface area contributed by atoms with E-state index in [-0.39, 0.29) is 6.61 Å². The first-order chi connectivity index (χ1) is 12.9. The van der Waals surface area contributed by atoms with E-state index in [1.165, 1.54) is 0 Å². The molecule has 0 aliphatic heterocycles. The number of halogens is 1. The number of anilines is 1. The van der Waals surface area contributed by atoms with Crippen LogP contribution in [0.25, 0.3) is 0 Å². The third-order valence-electron chi connectivity index (χ3n) is 3.74. The second-order valence-electron chi connectivity index (χ2n) is 5.87. The number of carbonyl (C=O) groups excluding carboxylic acids is 2. The molecule has 0 atom stereocenters. The Labute approximate surface area is 163 Å². The number of hydrogen-bond acceptors (Lipinski definition) is 4. The van der Waals surface area contributed by atoms with Crippen LogP contribution in [0.15, 0.2) is 36.4 Å². The molecular formula is C20H23ClN2O4. The second-order valence-corrected chi connectivity index (χ2v) is 6.24. The predicted octanol–water partition coefficient (Wildman–Crippen LogP) is 4.33. The average Bonchev–Trinajstić information content (AvgIpc) is 2.64. The number of urea groups is 1. The van der Waals surface area contributed by atoms with Crippen LogP contribution in [-0.4, -0.2) is 31.8 Å². The maximum Gasteiger partial charge on any atom is 0.340 e. The summed E-state index contributed by atoms with van der Waals surface area (Å²) in [6.07, 6.45) is 0. The molecule has 0 aliphatic rings. The Hall–Kier alpha value is -2.73. The summed E-state index contributed by atoms with van der Waals surface area (Å²) in [5, 5.41) is 6.06. The topological polar surface area (TPSA) is 76.7 Å². The number of benzene rings is 2. The lowest BCUT2D eigenvalue weighted by atomic mass is 10.1. The molecule has 6 nitrogen and oxygen atoms in total. The average molecular weight is 391 g/mol. The van der Waals surface area contributed by atoms with Crippen molar-refractivity contribution in [2.75, 3.05) is 25.1 Å². The number of carbonyl (C=O) groups is 2. The first-order valence-electron chi connectivity index (χ1n) is 8.63. The van der Waals surface area contributed by atoms with Crippen LogP contribution in [0, 0.1) is 13.8 Å². The number of para-hydroxylation sites is 1. The van der Waals surface area contributed by atoms with Crippen molar-refractivity contribution in [1.82, 2.24) is 5.32 Å². The summed E-state index contributed by atoms with van der Waals surface area (Å²) in [4.78, 5) is 24.0. The number of hydrogen-bond donors (Lipinski definition) is 2. The maximum absolute atomic E-state index is 12.1. The quantitative estimate of drug-likeness (QED) is 0.544. The van der Waals surface area contributed by atoms with Crippen molar-refractivity contribution in [3.8, 4) is 5.75 Å². The van der Waals surface area contributed by atoms with Gasteiger partial charge in [0.05, 0.1) is 24.4 Å². The molecule has 2 aromatic rings. The molecule has 0 saturated carbocycles. The van der Waals surface area contributed by atoms with E-state index in [1.54, 1.807) is 31.2 Å². The first kappa shape index (κ1) is 20.6.